The number of hydrogen-bond acceptors (Lipinski definition) is 2. The number of benzene rings is 1. The van der Waals surface area contributed by atoms with Gasteiger partial charge in [0.1, 0.15) is 0 Å². The largest absolute Gasteiger partial charge is 0.324 e. The number of nitrogens with two attached hydrogens (primary N) is 1. The maximum atomic E-state index is 6.52. The summed E-state index contributed by atoms with van der Waals surface area (Å²) in [5.41, 5.74) is 8.77. The van der Waals surface area contributed by atoms with Crippen molar-refractivity contribution in [3.8, 4) is 0 Å². The molecule has 0 saturated heterocycles. The summed E-state index contributed by atoms with van der Waals surface area (Å²) in [4.78, 5) is 4.52. The van der Waals surface area contributed by atoms with Crippen LogP contribution >= 0.6 is 0 Å². The summed E-state index contributed by atoms with van der Waals surface area (Å²) in [6.07, 6.45) is 6.68. The molecule has 2 nitrogen and oxygen atoms in total. The van der Waals surface area contributed by atoms with Crippen molar-refractivity contribution in [2.45, 2.75) is 45.6 Å². The van der Waals surface area contributed by atoms with Crippen molar-refractivity contribution in [2.75, 3.05) is 0 Å². The van der Waals surface area contributed by atoms with Crippen molar-refractivity contribution >= 4 is 10.9 Å². The van der Waals surface area contributed by atoms with E-state index in [0.29, 0.717) is 5.92 Å². The zero-order valence-corrected chi connectivity index (χ0v) is 12.0. The van der Waals surface area contributed by atoms with E-state index in [1.807, 2.05) is 12.3 Å². The average Bonchev–Trinajstić information content (AvgIpc) is 2.47. The minimum Gasteiger partial charge on any atom is -0.324 e. The molecule has 1 heterocycles. The van der Waals surface area contributed by atoms with Crippen molar-refractivity contribution in [2.24, 2.45) is 11.7 Å². The predicted octanol–water partition coefficient (Wildman–Crippen LogP) is 4.45. The van der Waals surface area contributed by atoms with E-state index >= 15 is 0 Å². The Morgan fingerprint density at radius 2 is 1.95 bits per heavy atom. The van der Waals surface area contributed by atoms with Gasteiger partial charge in [0.05, 0.1) is 5.52 Å². The molecule has 2 heteroatoms. The van der Waals surface area contributed by atoms with Gasteiger partial charge in [0, 0.05) is 17.6 Å². The molecule has 1 aromatic carbocycles. The van der Waals surface area contributed by atoms with Crippen LogP contribution in [0.3, 0.4) is 0 Å². The van der Waals surface area contributed by atoms with Crippen LogP contribution in [-0.4, -0.2) is 4.98 Å². The van der Waals surface area contributed by atoms with Crippen LogP contribution in [0.25, 0.3) is 10.9 Å². The Hall–Kier alpha value is -1.41. The molecule has 0 fully saturated rings. The minimum absolute atomic E-state index is 0.0927. The quantitative estimate of drug-likeness (QED) is 0.829. The van der Waals surface area contributed by atoms with Gasteiger partial charge in [-0.05, 0) is 24.0 Å². The Bertz CT molecular complexity index is 516. The van der Waals surface area contributed by atoms with E-state index in [9.17, 15) is 0 Å². The first-order valence-electron chi connectivity index (χ1n) is 7.37. The minimum atomic E-state index is 0.0927. The lowest BCUT2D eigenvalue weighted by molar-refractivity contribution is 0.379. The number of aromatic nitrogens is 1. The molecule has 2 N–H and O–H groups in total. The van der Waals surface area contributed by atoms with Crippen LogP contribution in [0.5, 0.6) is 0 Å². The Morgan fingerprint density at radius 3 is 2.68 bits per heavy atom. The first kappa shape index (κ1) is 14.0. The number of hydrogen-bond donors (Lipinski definition) is 1. The van der Waals surface area contributed by atoms with E-state index in [-0.39, 0.29) is 6.04 Å². The summed E-state index contributed by atoms with van der Waals surface area (Å²) in [6, 6.07) is 10.5. The third-order valence-corrected chi connectivity index (χ3v) is 3.98. The smallest absolute Gasteiger partial charge is 0.0749 e. The van der Waals surface area contributed by atoms with Gasteiger partial charge in [0.15, 0.2) is 0 Å². The number of pyridine rings is 1. The zero-order chi connectivity index (χ0) is 13.7. The monoisotopic (exact) mass is 256 g/mol. The van der Waals surface area contributed by atoms with Crippen LogP contribution in [0.1, 0.15) is 51.1 Å². The number of unbranched alkanes of at least 4 members (excludes halogenated alkanes) is 1. The molecule has 102 valence electrons. The SMILES string of the molecule is CCCCC(CC)C(N)c1cccc2cccnc12. The normalized spacial score (nSPS) is 14.5. The average molecular weight is 256 g/mol. The van der Waals surface area contributed by atoms with Crippen molar-refractivity contribution in [1.29, 1.82) is 0 Å². The fourth-order valence-electron chi connectivity index (χ4n) is 2.75. The molecule has 0 bridgehead atoms. The topological polar surface area (TPSA) is 38.9 Å². The van der Waals surface area contributed by atoms with Crippen molar-refractivity contribution in [3.63, 3.8) is 0 Å². The van der Waals surface area contributed by atoms with Crippen molar-refractivity contribution in [3.05, 3.63) is 42.1 Å². The molecule has 2 atom stereocenters. The van der Waals surface area contributed by atoms with Gasteiger partial charge < -0.3 is 5.73 Å². The molecule has 0 aliphatic rings. The lowest BCUT2D eigenvalue weighted by Crippen LogP contribution is -2.21. The number of rotatable bonds is 6. The number of nitrogens with zero attached hydrogens (tertiary/aromatic N) is 1. The maximum absolute atomic E-state index is 6.52. The molecule has 2 rings (SSSR count). The molecule has 0 saturated carbocycles. The van der Waals surface area contributed by atoms with Gasteiger partial charge in [0.2, 0.25) is 0 Å². The van der Waals surface area contributed by atoms with Gasteiger partial charge in [-0.25, -0.2) is 0 Å². The first-order valence-corrected chi connectivity index (χ1v) is 7.37. The van der Waals surface area contributed by atoms with Gasteiger partial charge in [-0.3, -0.25) is 4.98 Å². The Balaban J connectivity index is 2.31. The van der Waals surface area contributed by atoms with Crippen molar-refractivity contribution < 1.29 is 0 Å². The summed E-state index contributed by atoms with van der Waals surface area (Å²) in [5, 5.41) is 1.18. The van der Waals surface area contributed by atoms with Gasteiger partial charge in [-0.15, -0.1) is 0 Å². The van der Waals surface area contributed by atoms with Gasteiger partial charge in [0.25, 0.3) is 0 Å². The van der Waals surface area contributed by atoms with Crippen LogP contribution in [0.2, 0.25) is 0 Å². The van der Waals surface area contributed by atoms with E-state index < -0.39 is 0 Å². The molecule has 2 aromatic rings. The molecule has 19 heavy (non-hydrogen) atoms. The van der Waals surface area contributed by atoms with Crippen LogP contribution in [0.4, 0.5) is 0 Å². The summed E-state index contributed by atoms with van der Waals surface area (Å²) >= 11 is 0. The lowest BCUT2D eigenvalue weighted by atomic mass is 9.86. The predicted molar refractivity (Wildman–Crippen MR) is 82.0 cm³/mol. The molecule has 0 amide bonds. The van der Waals surface area contributed by atoms with Gasteiger partial charge in [-0.2, -0.15) is 0 Å². The Labute approximate surface area is 116 Å². The van der Waals surface area contributed by atoms with Crippen LogP contribution < -0.4 is 5.73 Å². The summed E-state index contributed by atoms with van der Waals surface area (Å²) in [6.45, 7) is 4.47. The third kappa shape index (κ3) is 3.13. The molecule has 0 spiro atoms. The van der Waals surface area contributed by atoms with E-state index in [0.717, 1.165) is 11.9 Å². The molecule has 1 aromatic heterocycles. The highest BCUT2D eigenvalue weighted by Gasteiger charge is 2.19. The molecular weight excluding hydrogens is 232 g/mol. The Morgan fingerprint density at radius 1 is 1.16 bits per heavy atom. The van der Waals surface area contributed by atoms with E-state index in [4.69, 9.17) is 5.73 Å². The maximum Gasteiger partial charge on any atom is 0.0749 e. The molecule has 2 unspecified atom stereocenters. The zero-order valence-electron chi connectivity index (χ0n) is 12.0. The Kier molecular flexibility index (Phi) is 4.92. The summed E-state index contributed by atoms with van der Waals surface area (Å²) in [5.74, 6) is 0.549. The second kappa shape index (κ2) is 6.67. The van der Waals surface area contributed by atoms with Crippen LogP contribution in [0, 0.1) is 5.92 Å². The summed E-state index contributed by atoms with van der Waals surface area (Å²) < 4.78 is 0. The first-order chi connectivity index (χ1) is 9.27. The molecular formula is C17H24N2. The third-order valence-electron chi connectivity index (χ3n) is 3.98. The standard InChI is InChI=1S/C17H24N2/c1-3-5-8-13(4-2)16(18)15-11-6-9-14-10-7-12-19-17(14)15/h6-7,9-13,16H,3-5,8,18H2,1-2H3. The van der Waals surface area contributed by atoms with E-state index in [1.54, 1.807) is 0 Å². The van der Waals surface area contributed by atoms with Gasteiger partial charge in [-0.1, -0.05) is 57.4 Å². The van der Waals surface area contributed by atoms with Crippen LogP contribution in [0.15, 0.2) is 36.5 Å². The van der Waals surface area contributed by atoms with E-state index in [2.05, 4.69) is 43.1 Å². The van der Waals surface area contributed by atoms with Crippen molar-refractivity contribution in [1.82, 2.24) is 4.98 Å². The molecule has 0 aliphatic heterocycles. The molecule has 0 radical (unpaired) electrons. The fraction of sp³-hybridized carbons (Fsp3) is 0.471. The molecule has 0 aliphatic carbocycles. The highest BCUT2D eigenvalue weighted by Crippen LogP contribution is 2.30. The second-order valence-electron chi connectivity index (χ2n) is 5.26. The van der Waals surface area contributed by atoms with Crippen LogP contribution in [-0.2, 0) is 0 Å². The van der Waals surface area contributed by atoms with E-state index in [1.165, 1.54) is 30.2 Å². The van der Waals surface area contributed by atoms with Gasteiger partial charge >= 0.3 is 0 Å². The number of fused-ring (bicyclic) bond motifs is 1. The highest BCUT2D eigenvalue weighted by molar-refractivity contribution is 5.82. The second-order valence-corrected chi connectivity index (χ2v) is 5.26. The fourth-order valence-corrected chi connectivity index (χ4v) is 2.75. The summed E-state index contributed by atoms with van der Waals surface area (Å²) in [7, 11) is 0. The lowest BCUT2D eigenvalue weighted by Gasteiger charge is -2.23. The number of para-hydroxylation sites is 1. The highest BCUT2D eigenvalue weighted by atomic mass is 14.7.